The summed E-state index contributed by atoms with van der Waals surface area (Å²) in [5.41, 5.74) is 0.596. The van der Waals surface area contributed by atoms with E-state index in [-0.39, 0.29) is 5.82 Å². The van der Waals surface area contributed by atoms with Gasteiger partial charge in [0.05, 0.1) is 31.2 Å². The lowest BCUT2D eigenvalue weighted by Gasteiger charge is -2.15. The third-order valence-electron chi connectivity index (χ3n) is 3.38. The monoisotopic (exact) mass is 347 g/mol. The number of rotatable bonds is 10. The van der Waals surface area contributed by atoms with E-state index in [1.807, 2.05) is 10.8 Å². The summed E-state index contributed by atoms with van der Waals surface area (Å²) >= 11 is 0. The highest BCUT2D eigenvalue weighted by molar-refractivity contribution is 5.61. The number of nitro groups is 1. The first-order valence-corrected chi connectivity index (χ1v) is 7.66. The molecule has 2 N–H and O–H groups in total. The first kappa shape index (κ1) is 18.1. The molecular formula is C16H21N5O4. The van der Waals surface area contributed by atoms with E-state index in [0.717, 1.165) is 19.2 Å². The molecule has 0 aliphatic carbocycles. The zero-order chi connectivity index (χ0) is 18.1. The van der Waals surface area contributed by atoms with Gasteiger partial charge in [-0.1, -0.05) is 0 Å². The zero-order valence-corrected chi connectivity index (χ0v) is 14.1. The summed E-state index contributed by atoms with van der Waals surface area (Å²) in [6.45, 7) is 1.33. The fraction of sp³-hybridized carbons (Fsp3) is 0.312. The van der Waals surface area contributed by atoms with Crippen LogP contribution in [0.3, 0.4) is 0 Å². The van der Waals surface area contributed by atoms with Crippen molar-refractivity contribution in [2.45, 2.75) is 13.0 Å². The fourth-order valence-electron chi connectivity index (χ4n) is 2.18. The van der Waals surface area contributed by atoms with Gasteiger partial charge in [-0.15, -0.1) is 0 Å². The minimum Gasteiger partial charge on any atom is -0.497 e. The Morgan fingerprint density at radius 1 is 1.40 bits per heavy atom. The number of imidazole rings is 1. The maximum Gasteiger partial charge on any atom is 0.274 e. The van der Waals surface area contributed by atoms with Gasteiger partial charge < -0.3 is 24.7 Å². The van der Waals surface area contributed by atoms with Gasteiger partial charge in [0.15, 0.2) is 5.82 Å². The van der Waals surface area contributed by atoms with E-state index in [9.17, 15) is 10.1 Å². The molecule has 0 spiro atoms. The van der Waals surface area contributed by atoms with Crippen molar-refractivity contribution in [1.82, 2.24) is 14.9 Å². The van der Waals surface area contributed by atoms with Crippen molar-refractivity contribution in [3.8, 4) is 11.5 Å². The Kier molecular flexibility index (Phi) is 6.64. The number of hydrogen-bond donors (Lipinski definition) is 2. The van der Waals surface area contributed by atoms with E-state index in [1.54, 1.807) is 37.8 Å². The smallest absolute Gasteiger partial charge is 0.274 e. The normalized spacial score (nSPS) is 11.0. The molecule has 1 aromatic carbocycles. The Balaban J connectivity index is 1.99. The molecule has 134 valence electrons. The maximum absolute atomic E-state index is 10.9. The van der Waals surface area contributed by atoms with E-state index in [0.29, 0.717) is 23.7 Å². The molecule has 25 heavy (non-hydrogen) atoms. The Morgan fingerprint density at radius 3 is 2.88 bits per heavy atom. The summed E-state index contributed by atoms with van der Waals surface area (Å²) in [5, 5.41) is 16.9. The molecule has 1 heterocycles. The topological polar surface area (TPSA) is 103 Å². The Labute approximate surface area is 145 Å². The third kappa shape index (κ3) is 5.72. The first-order valence-electron chi connectivity index (χ1n) is 7.66. The number of nitrogens with zero attached hydrogens (tertiary/aromatic N) is 3. The standard InChI is InChI=1S/C16H21N5O4/c1-24-13-4-5-14(15(10-13)25-2)19-16(11-21(22)23)18-6-3-8-20-9-7-17-12-20/h4-5,7,9-12,18-19H,3,6,8H2,1-2H3/b16-11-. The molecule has 0 fully saturated rings. The van der Waals surface area contributed by atoms with Crippen molar-refractivity contribution in [3.63, 3.8) is 0 Å². The van der Waals surface area contributed by atoms with Crippen LogP contribution >= 0.6 is 0 Å². The van der Waals surface area contributed by atoms with Crippen LogP contribution in [0.2, 0.25) is 0 Å². The summed E-state index contributed by atoms with van der Waals surface area (Å²) in [4.78, 5) is 14.3. The van der Waals surface area contributed by atoms with Crippen LogP contribution in [-0.2, 0) is 6.54 Å². The van der Waals surface area contributed by atoms with Crippen molar-refractivity contribution in [2.75, 3.05) is 26.1 Å². The molecule has 0 saturated carbocycles. The van der Waals surface area contributed by atoms with Gasteiger partial charge in [0.2, 0.25) is 0 Å². The largest absolute Gasteiger partial charge is 0.497 e. The average Bonchev–Trinajstić information content (AvgIpc) is 3.11. The second kappa shape index (κ2) is 9.16. The molecule has 9 heteroatoms. The Hall–Kier alpha value is -3.23. The van der Waals surface area contributed by atoms with Gasteiger partial charge in [-0.3, -0.25) is 10.1 Å². The quantitative estimate of drug-likeness (QED) is 0.385. The molecule has 0 atom stereocenters. The van der Waals surface area contributed by atoms with E-state index in [2.05, 4.69) is 15.6 Å². The van der Waals surface area contributed by atoms with Crippen LogP contribution in [0, 0.1) is 10.1 Å². The molecule has 2 aromatic rings. The minimum atomic E-state index is -0.513. The van der Waals surface area contributed by atoms with Gasteiger partial charge in [-0.05, 0) is 18.6 Å². The van der Waals surface area contributed by atoms with Crippen LogP contribution in [0.25, 0.3) is 0 Å². The highest BCUT2D eigenvalue weighted by Crippen LogP contribution is 2.29. The maximum atomic E-state index is 10.9. The van der Waals surface area contributed by atoms with Gasteiger partial charge in [-0.25, -0.2) is 4.98 Å². The lowest BCUT2D eigenvalue weighted by molar-refractivity contribution is -0.403. The van der Waals surface area contributed by atoms with Crippen LogP contribution in [0.15, 0.2) is 48.9 Å². The van der Waals surface area contributed by atoms with Crippen molar-refractivity contribution in [2.24, 2.45) is 0 Å². The van der Waals surface area contributed by atoms with E-state index < -0.39 is 4.92 Å². The molecule has 0 bridgehead atoms. The van der Waals surface area contributed by atoms with Crippen LogP contribution in [-0.4, -0.2) is 35.2 Å². The van der Waals surface area contributed by atoms with E-state index >= 15 is 0 Å². The molecule has 0 aliphatic rings. The summed E-state index contributed by atoms with van der Waals surface area (Å²) in [7, 11) is 3.08. The fourth-order valence-corrected chi connectivity index (χ4v) is 2.18. The molecule has 0 amide bonds. The molecule has 2 rings (SSSR count). The molecule has 0 unspecified atom stereocenters. The summed E-state index contributed by atoms with van der Waals surface area (Å²) in [6, 6.07) is 5.18. The van der Waals surface area contributed by atoms with Gasteiger partial charge in [0, 0.05) is 31.5 Å². The molecule has 1 aromatic heterocycles. The predicted octanol–water partition coefficient (Wildman–Crippen LogP) is 2.07. The van der Waals surface area contributed by atoms with E-state index in [1.165, 1.54) is 7.11 Å². The number of methoxy groups -OCH3 is 2. The lowest BCUT2D eigenvalue weighted by atomic mass is 10.2. The number of hydrogen-bond acceptors (Lipinski definition) is 7. The van der Waals surface area contributed by atoms with Crippen molar-refractivity contribution >= 4 is 5.69 Å². The molecule has 0 radical (unpaired) electrons. The Bertz CT molecular complexity index is 715. The van der Waals surface area contributed by atoms with Gasteiger partial charge in [-0.2, -0.15) is 0 Å². The van der Waals surface area contributed by atoms with Crippen LogP contribution < -0.4 is 20.1 Å². The number of aromatic nitrogens is 2. The van der Waals surface area contributed by atoms with Gasteiger partial charge in [0.1, 0.15) is 11.5 Å². The number of benzene rings is 1. The SMILES string of the molecule is COc1ccc(N/C(=C\[N+](=O)[O-])NCCCn2ccnc2)c(OC)c1. The number of nitrogens with one attached hydrogen (secondary N) is 2. The van der Waals surface area contributed by atoms with E-state index in [4.69, 9.17) is 9.47 Å². The zero-order valence-electron chi connectivity index (χ0n) is 14.1. The molecule has 0 saturated heterocycles. The van der Waals surface area contributed by atoms with Crippen molar-refractivity contribution in [3.05, 3.63) is 59.1 Å². The van der Waals surface area contributed by atoms with Crippen LogP contribution in [0.1, 0.15) is 6.42 Å². The lowest BCUT2D eigenvalue weighted by Crippen LogP contribution is -2.23. The average molecular weight is 347 g/mol. The number of ether oxygens (including phenoxy) is 2. The van der Waals surface area contributed by atoms with Crippen LogP contribution in [0.4, 0.5) is 5.69 Å². The Morgan fingerprint density at radius 2 is 2.24 bits per heavy atom. The predicted molar refractivity (Wildman–Crippen MR) is 93.1 cm³/mol. The molecule has 0 aliphatic heterocycles. The number of aryl methyl sites for hydroxylation is 1. The summed E-state index contributed by atoms with van der Waals surface area (Å²) < 4.78 is 12.4. The molecule has 9 nitrogen and oxygen atoms in total. The number of anilines is 1. The minimum absolute atomic E-state index is 0.277. The summed E-state index contributed by atoms with van der Waals surface area (Å²) in [6.07, 6.45) is 6.99. The van der Waals surface area contributed by atoms with Gasteiger partial charge >= 0.3 is 0 Å². The highest BCUT2D eigenvalue weighted by atomic mass is 16.6. The van der Waals surface area contributed by atoms with Crippen LogP contribution in [0.5, 0.6) is 11.5 Å². The van der Waals surface area contributed by atoms with Crippen molar-refractivity contribution in [1.29, 1.82) is 0 Å². The second-order valence-electron chi connectivity index (χ2n) is 5.10. The second-order valence-corrected chi connectivity index (χ2v) is 5.10. The third-order valence-corrected chi connectivity index (χ3v) is 3.38. The summed E-state index contributed by atoms with van der Waals surface area (Å²) in [5.74, 6) is 1.43. The first-order chi connectivity index (χ1) is 12.1. The van der Waals surface area contributed by atoms with Crippen molar-refractivity contribution < 1.29 is 14.4 Å². The highest BCUT2D eigenvalue weighted by Gasteiger charge is 2.09. The molecular weight excluding hydrogens is 326 g/mol. The van der Waals surface area contributed by atoms with Gasteiger partial charge in [0.25, 0.3) is 6.20 Å².